The van der Waals surface area contributed by atoms with E-state index in [9.17, 15) is 18.0 Å². The first-order chi connectivity index (χ1) is 22.7. The molecule has 0 unspecified atom stereocenters. The zero-order valence-corrected chi connectivity index (χ0v) is 27.9. The number of rotatable bonds is 13. The van der Waals surface area contributed by atoms with Crippen LogP contribution in [0.5, 0.6) is 11.5 Å². The maximum Gasteiger partial charge on any atom is 0.244 e. The zero-order chi connectivity index (χ0) is 33.2. The Labute approximate surface area is 278 Å². The van der Waals surface area contributed by atoms with Gasteiger partial charge >= 0.3 is 0 Å². The molecule has 9 heteroatoms. The monoisotopic (exact) mass is 653 g/mol. The molecule has 1 aliphatic carbocycles. The maximum absolute atomic E-state index is 14.4. The Hall–Kier alpha value is -4.63. The van der Waals surface area contributed by atoms with Crippen LogP contribution in [0.4, 0.5) is 5.69 Å². The van der Waals surface area contributed by atoms with Crippen molar-refractivity contribution in [2.24, 2.45) is 0 Å². The highest BCUT2D eigenvalue weighted by Crippen LogP contribution is 2.27. The van der Waals surface area contributed by atoms with Crippen molar-refractivity contribution in [1.82, 2.24) is 10.2 Å². The third-order valence-corrected chi connectivity index (χ3v) is 9.75. The van der Waals surface area contributed by atoms with Crippen LogP contribution in [0, 0.1) is 6.92 Å². The number of anilines is 1. The SMILES string of the molecule is Cc1ccccc1CN(C(=O)CN(c1ccc(Oc2ccccc2)cc1)S(C)(=O)=O)[C@@H](Cc1ccccc1)C(=O)NC1CCCCC1. The van der Waals surface area contributed by atoms with Gasteiger partial charge in [-0.1, -0.05) is 92.1 Å². The molecule has 0 aliphatic heterocycles. The van der Waals surface area contributed by atoms with Crippen LogP contribution in [0.2, 0.25) is 0 Å². The predicted molar refractivity (Wildman–Crippen MR) is 186 cm³/mol. The molecule has 0 heterocycles. The molecule has 4 aromatic carbocycles. The number of carbonyl (C=O) groups excluding carboxylic acids is 2. The quantitative estimate of drug-likeness (QED) is 0.175. The number of para-hydroxylation sites is 1. The average molecular weight is 654 g/mol. The van der Waals surface area contributed by atoms with Gasteiger partial charge in [-0.3, -0.25) is 13.9 Å². The number of ether oxygens (including phenoxy) is 1. The summed E-state index contributed by atoms with van der Waals surface area (Å²) in [6.07, 6.45) is 6.44. The fourth-order valence-electron chi connectivity index (χ4n) is 5.99. The minimum absolute atomic E-state index is 0.0501. The Bertz CT molecular complexity index is 1720. The minimum atomic E-state index is -3.88. The van der Waals surface area contributed by atoms with Crippen LogP contribution in [0.3, 0.4) is 0 Å². The highest BCUT2D eigenvalue weighted by molar-refractivity contribution is 7.92. The van der Waals surface area contributed by atoms with Gasteiger partial charge in [-0.25, -0.2) is 8.42 Å². The van der Waals surface area contributed by atoms with Crippen molar-refractivity contribution in [3.8, 4) is 11.5 Å². The molecule has 47 heavy (non-hydrogen) atoms. The summed E-state index contributed by atoms with van der Waals surface area (Å²) in [5.74, 6) is 0.487. The van der Waals surface area contributed by atoms with Gasteiger partial charge < -0.3 is 15.0 Å². The smallest absolute Gasteiger partial charge is 0.244 e. The molecular formula is C38H43N3O5S. The Morgan fingerprint density at radius 2 is 1.40 bits per heavy atom. The molecule has 246 valence electrons. The maximum atomic E-state index is 14.4. The third-order valence-electron chi connectivity index (χ3n) is 8.61. The Balaban J connectivity index is 1.46. The summed E-state index contributed by atoms with van der Waals surface area (Å²) in [6, 6.07) is 32.4. The number of carbonyl (C=O) groups is 2. The van der Waals surface area contributed by atoms with Gasteiger partial charge in [0.15, 0.2) is 0 Å². The van der Waals surface area contributed by atoms with E-state index in [2.05, 4.69) is 5.32 Å². The van der Waals surface area contributed by atoms with Crippen molar-refractivity contribution in [3.05, 3.63) is 126 Å². The lowest BCUT2D eigenvalue weighted by Crippen LogP contribution is -2.55. The van der Waals surface area contributed by atoms with E-state index in [1.807, 2.05) is 91.9 Å². The van der Waals surface area contributed by atoms with Crippen LogP contribution < -0.4 is 14.4 Å². The average Bonchev–Trinajstić information content (AvgIpc) is 3.07. The molecule has 1 N–H and O–H groups in total. The number of nitrogens with zero attached hydrogens (tertiary/aromatic N) is 2. The summed E-state index contributed by atoms with van der Waals surface area (Å²) in [4.78, 5) is 30.1. The van der Waals surface area contributed by atoms with Crippen molar-refractivity contribution in [1.29, 1.82) is 0 Å². The number of aryl methyl sites for hydroxylation is 1. The second-order valence-corrected chi connectivity index (χ2v) is 14.1. The third kappa shape index (κ3) is 9.45. The standard InChI is InChI=1S/C38H43N3O5S/c1-29-14-12-13-17-31(29)27-40(36(26-30-15-6-3-7-16-30)38(43)39-32-18-8-4-9-19-32)37(42)28-41(47(2,44)45)33-22-24-35(25-23-33)46-34-20-10-5-11-21-34/h3,5-7,10-17,20-25,32,36H,4,8-9,18-19,26-28H2,1-2H3,(H,39,43)/t36-/m0/s1. The summed E-state index contributed by atoms with van der Waals surface area (Å²) < 4.78 is 33.3. The van der Waals surface area contributed by atoms with Gasteiger partial charge in [0.2, 0.25) is 21.8 Å². The Kier molecular flexibility index (Phi) is 11.3. The van der Waals surface area contributed by atoms with Crippen LogP contribution >= 0.6 is 0 Å². The minimum Gasteiger partial charge on any atom is -0.457 e. The largest absolute Gasteiger partial charge is 0.457 e. The number of nitrogens with one attached hydrogen (secondary N) is 1. The molecule has 4 aromatic rings. The first-order valence-electron chi connectivity index (χ1n) is 16.2. The molecule has 1 saturated carbocycles. The molecule has 1 atom stereocenters. The molecule has 0 saturated heterocycles. The van der Waals surface area contributed by atoms with Crippen LogP contribution in [0.15, 0.2) is 109 Å². The van der Waals surface area contributed by atoms with Crippen LogP contribution in [-0.4, -0.2) is 50.0 Å². The molecule has 1 aliphatic rings. The van der Waals surface area contributed by atoms with E-state index < -0.39 is 28.5 Å². The lowest BCUT2D eigenvalue weighted by molar-refractivity contribution is -0.140. The molecular weight excluding hydrogens is 611 g/mol. The molecule has 5 rings (SSSR count). The number of sulfonamides is 1. The molecule has 1 fully saturated rings. The summed E-state index contributed by atoms with van der Waals surface area (Å²) in [7, 11) is -3.88. The summed E-state index contributed by atoms with van der Waals surface area (Å²) in [6.45, 7) is 1.66. The lowest BCUT2D eigenvalue weighted by Gasteiger charge is -2.35. The van der Waals surface area contributed by atoms with Gasteiger partial charge in [-0.2, -0.15) is 0 Å². The predicted octanol–water partition coefficient (Wildman–Crippen LogP) is 6.64. The van der Waals surface area contributed by atoms with Crippen molar-refractivity contribution >= 4 is 27.5 Å². The van der Waals surface area contributed by atoms with E-state index in [1.54, 1.807) is 29.2 Å². The number of hydrogen-bond acceptors (Lipinski definition) is 5. The van der Waals surface area contributed by atoms with Gasteiger partial charge in [0, 0.05) is 19.0 Å². The highest BCUT2D eigenvalue weighted by Gasteiger charge is 2.34. The fraction of sp³-hybridized carbons (Fsp3) is 0.316. The molecule has 0 radical (unpaired) electrons. The second kappa shape index (κ2) is 15.8. The van der Waals surface area contributed by atoms with E-state index >= 15 is 0 Å². The molecule has 0 bridgehead atoms. The van der Waals surface area contributed by atoms with Crippen molar-refractivity contribution in [2.45, 2.75) is 64.1 Å². The van der Waals surface area contributed by atoms with Gasteiger partial charge in [0.25, 0.3) is 0 Å². The van der Waals surface area contributed by atoms with E-state index in [-0.39, 0.29) is 18.5 Å². The van der Waals surface area contributed by atoms with Gasteiger partial charge in [0.05, 0.1) is 11.9 Å². The number of benzene rings is 4. The molecule has 0 spiro atoms. The summed E-state index contributed by atoms with van der Waals surface area (Å²) >= 11 is 0. The first-order valence-corrected chi connectivity index (χ1v) is 18.0. The van der Waals surface area contributed by atoms with Crippen LogP contribution in [0.25, 0.3) is 0 Å². The topological polar surface area (TPSA) is 96.0 Å². The van der Waals surface area contributed by atoms with E-state index in [0.717, 1.165) is 59.4 Å². The fourth-order valence-corrected chi connectivity index (χ4v) is 6.84. The Morgan fingerprint density at radius 3 is 2.04 bits per heavy atom. The number of amides is 2. The Morgan fingerprint density at radius 1 is 0.809 bits per heavy atom. The zero-order valence-electron chi connectivity index (χ0n) is 27.0. The van der Waals surface area contributed by atoms with E-state index in [4.69, 9.17) is 4.74 Å². The van der Waals surface area contributed by atoms with Gasteiger partial charge in [-0.05, 0) is 72.9 Å². The van der Waals surface area contributed by atoms with Crippen LogP contribution in [0.1, 0.15) is 48.8 Å². The van der Waals surface area contributed by atoms with Crippen molar-refractivity contribution < 1.29 is 22.7 Å². The highest BCUT2D eigenvalue weighted by atomic mass is 32.2. The van der Waals surface area contributed by atoms with Crippen molar-refractivity contribution in [2.75, 3.05) is 17.1 Å². The summed E-state index contributed by atoms with van der Waals surface area (Å²) in [5, 5.41) is 3.24. The van der Waals surface area contributed by atoms with Gasteiger partial charge in [0.1, 0.15) is 24.1 Å². The van der Waals surface area contributed by atoms with Crippen LogP contribution in [-0.2, 0) is 32.6 Å². The van der Waals surface area contributed by atoms with E-state index in [1.165, 1.54) is 0 Å². The van der Waals surface area contributed by atoms with Crippen molar-refractivity contribution in [3.63, 3.8) is 0 Å². The second-order valence-electron chi connectivity index (χ2n) is 12.2. The molecule has 8 nitrogen and oxygen atoms in total. The normalized spacial score (nSPS) is 14.2. The number of hydrogen-bond donors (Lipinski definition) is 1. The molecule has 0 aromatic heterocycles. The first kappa shape index (κ1) is 33.7. The lowest BCUT2D eigenvalue weighted by atomic mass is 9.94. The van der Waals surface area contributed by atoms with Gasteiger partial charge in [-0.15, -0.1) is 0 Å². The van der Waals surface area contributed by atoms with E-state index in [0.29, 0.717) is 23.6 Å². The summed E-state index contributed by atoms with van der Waals surface area (Å²) in [5.41, 5.74) is 3.10. The molecule has 2 amide bonds.